The Morgan fingerprint density at radius 2 is 1.75 bits per heavy atom. The molecule has 4 aliphatic carbocycles. The molecule has 1 aromatic carbocycles. The molecule has 32 heavy (non-hydrogen) atoms. The van der Waals surface area contributed by atoms with Crippen molar-refractivity contribution in [2.45, 2.75) is 84.2 Å². The molecule has 1 aromatic rings. The van der Waals surface area contributed by atoms with E-state index in [1.165, 1.54) is 31.2 Å². The van der Waals surface area contributed by atoms with E-state index in [2.05, 4.69) is 26.0 Å². The van der Waals surface area contributed by atoms with Crippen molar-refractivity contribution in [1.82, 2.24) is 0 Å². The summed E-state index contributed by atoms with van der Waals surface area (Å²) in [6.45, 7) is 7.40. The van der Waals surface area contributed by atoms with Gasteiger partial charge in [0.15, 0.2) is 5.78 Å². The maximum absolute atomic E-state index is 13.6. The number of aryl methyl sites for hydroxylation is 1. The molecule has 4 fully saturated rings. The minimum atomic E-state index is -0.517. The number of Topliss-reactive ketones (excluding diaryl/α,β-unsaturated/α-hetero) is 1. The predicted octanol–water partition coefficient (Wildman–Crippen LogP) is 6.21. The summed E-state index contributed by atoms with van der Waals surface area (Å²) in [7, 11) is 1.86. The lowest BCUT2D eigenvalue weighted by Gasteiger charge is -2.62. The first kappa shape index (κ1) is 22.6. The maximum Gasteiger partial charge on any atom is 0.166 e. The van der Waals surface area contributed by atoms with Crippen molar-refractivity contribution in [3.63, 3.8) is 0 Å². The topological polar surface area (TPSA) is 46.5 Å². The van der Waals surface area contributed by atoms with Gasteiger partial charge < -0.3 is 9.84 Å². The standard InChI is InChI=1S/C29H42O3/c1-19-5-7-20(8-6-19)26(30)25-12-11-23-22-10-9-21-17-27(2,31)15-16-29(21,18-32-4)24(22)13-14-28(23,25)3/h5-8,21-25,31H,9-18H2,1-4H3/t21-,22-,23-,24-,25+,27+,28-,29+/m0/s1. The number of rotatable bonds is 4. The van der Waals surface area contributed by atoms with E-state index in [-0.39, 0.29) is 16.7 Å². The van der Waals surface area contributed by atoms with Crippen molar-refractivity contribution < 1.29 is 14.6 Å². The molecule has 176 valence electrons. The first-order chi connectivity index (χ1) is 15.2. The summed E-state index contributed by atoms with van der Waals surface area (Å²) in [4.78, 5) is 13.6. The quantitative estimate of drug-likeness (QED) is 0.568. The zero-order valence-electron chi connectivity index (χ0n) is 20.5. The SMILES string of the molecule is COC[C@]12CC[C@@](C)(O)C[C@@H]1CC[C@H]1[C@@H]3CC[C@H](C(=O)c4ccc(C)cc4)[C@@]3(C)CC[C@@H]12. The lowest BCUT2D eigenvalue weighted by Crippen LogP contribution is -2.58. The van der Waals surface area contributed by atoms with Gasteiger partial charge >= 0.3 is 0 Å². The summed E-state index contributed by atoms with van der Waals surface area (Å²) in [6.07, 6.45) is 10.0. The summed E-state index contributed by atoms with van der Waals surface area (Å²) in [5, 5.41) is 10.8. The third-order valence-electron chi connectivity index (χ3n) is 10.7. The number of ketones is 1. The van der Waals surface area contributed by atoms with Gasteiger partial charge in [-0.05, 0) is 106 Å². The summed E-state index contributed by atoms with van der Waals surface area (Å²) >= 11 is 0. The smallest absolute Gasteiger partial charge is 0.166 e. The van der Waals surface area contributed by atoms with Gasteiger partial charge in [0.25, 0.3) is 0 Å². The third kappa shape index (κ3) is 3.41. The van der Waals surface area contributed by atoms with Crippen LogP contribution in [0.1, 0.15) is 87.6 Å². The summed E-state index contributed by atoms with van der Waals surface area (Å²) in [6, 6.07) is 8.22. The highest BCUT2D eigenvalue weighted by molar-refractivity contribution is 5.98. The highest BCUT2D eigenvalue weighted by Gasteiger charge is 2.63. The second-order valence-corrected chi connectivity index (χ2v) is 12.4. The number of carbonyl (C=O) groups excluding carboxylic acids is 1. The molecule has 0 spiro atoms. The van der Waals surface area contributed by atoms with Crippen molar-refractivity contribution >= 4 is 5.78 Å². The molecule has 0 bridgehead atoms. The highest BCUT2D eigenvalue weighted by atomic mass is 16.5. The monoisotopic (exact) mass is 438 g/mol. The number of methoxy groups -OCH3 is 1. The molecule has 5 rings (SSSR count). The number of ether oxygens (including phenoxy) is 1. The van der Waals surface area contributed by atoms with Gasteiger partial charge in [0.05, 0.1) is 12.2 Å². The van der Waals surface area contributed by atoms with Crippen LogP contribution in [0.2, 0.25) is 0 Å². The van der Waals surface area contributed by atoms with E-state index in [0.29, 0.717) is 29.5 Å². The second kappa shape index (κ2) is 7.94. The van der Waals surface area contributed by atoms with Crippen molar-refractivity contribution in [1.29, 1.82) is 0 Å². The van der Waals surface area contributed by atoms with Gasteiger partial charge in [-0.1, -0.05) is 36.8 Å². The van der Waals surface area contributed by atoms with Gasteiger partial charge in [-0.2, -0.15) is 0 Å². The van der Waals surface area contributed by atoms with Crippen molar-refractivity contribution in [2.24, 2.45) is 40.4 Å². The average Bonchev–Trinajstić information content (AvgIpc) is 3.11. The molecule has 1 N–H and O–H groups in total. The van der Waals surface area contributed by atoms with Gasteiger partial charge in [0.1, 0.15) is 0 Å². The van der Waals surface area contributed by atoms with Crippen molar-refractivity contribution in [2.75, 3.05) is 13.7 Å². The van der Waals surface area contributed by atoms with Gasteiger partial charge in [-0.25, -0.2) is 0 Å². The number of carbonyl (C=O) groups is 1. The molecule has 0 saturated heterocycles. The van der Waals surface area contributed by atoms with E-state index >= 15 is 0 Å². The van der Waals surface area contributed by atoms with Crippen LogP contribution in [0.25, 0.3) is 0 Å². The molecule has 0 amide bonds. The Labute approximate surface area is 194 Å². The number of fused-ring (bicyclic) bond motifs is 5. The molecule has 0 radical (unpaired) electrons. The first-order valence-electron chi connectivity index (χ1n) is 13.0. The molecule has 0 aliphatic heterocycles. The van der Waals surface area contributed by atoms with E-state index < -0.39 is 5.60 Å². The molecule has 3 heteroatoms. The maximum atomic E-state index is 13.6. The molecular formula is C29H42O3. The van der Waals surface area contributed by atoms with Crippen LogP contribution in [-0.2, 0) is 4.74 Å². The number of benzene rings is 1. The predicted molar refractivity (Wildman–Crippen MR) is 128 cm³/mol. The van der Waals surface area contributed by atoms with E-state index in [0.717, 1.165) is 44.3 Å². The second-order valence-electron chi connectivity index (χ2n) is 12.4. The van der Waals surface area contributed by atoms with Crippen molar-refractivity contribution in [3.05, 3.63) is 35.4 Å². The van der Waals surface area contributed by atoms with Gasteiger partial charge in [0.2, 0.25) is 0 Å². The van der Waals surface area contributed by atoms with Crippen LogP contribution >= 0.6 is 0 Å². The van der Waals surface area contributed by atoms with Gasteiger partial charge in [0, 0.05) is 18.6 Å². The Morgan fingerprint density at radius 3 is 2.47 bits per heavy atom. The molecule has 4 aliphatic rings. The van der Waals surface area contributed by atoms with Crippen LogP contribution in [0.3, 0.4) is 0 Å². The van der Waals surface area contributed by atoms with Crippen LogP contribution < -0.4 is 0 Å². The minimum Gasteiger partial charge on any atom is -0.390 e. The van der Waals surface area contributed by atoms with Crippen LogP contribution in [0, 0.1) is 47.3 Å². The first-order valence-corrected chi connectivity index (χ1v) is 13.0. The Balaban J connectivity index is 1.41. The number of hydrogen-bond donors (Lipinski definition) is 1. The molecule has 0 heterocycles. The molecule has 4 saturated carbocycles. The van der Waals surface area contributed by atoms with Crippen LogP contribution in [0.15, 0.2) is 24.3 Å². The minimum absolute atomic E-state index is 0.129. The summed E-state index contributed by atoms with van der Waals surface area (Å²) < 4.78 is 5.89. The molecule has 0 unspecified atom stereocenters. The highest BCUT2D eigenvalue weighted by Crippen LogP contribution is 2.68. The fourth-order valence-electron chi connectivity index (χ4n) is 9.13. The Kier molecular flexibility index (Phi) is 5.61. The third-order valence-corrected chi connectivity index (χ3v) is 10.7. The number of hydrogen-bond acceptors (Lipinski definition) is 3. The Hall–Kier alpha value is -1.19. The summed E-state index contributed by atoms with van der Waals surface area (Å²) in [5.74, 6) is 3.16. The van der Waals surface area contributed by atoms with Gasteiger partial charge in [-0.3, -0.25) is 4.79 Å². The van der Waals surface area contributed by atoms with Gasteiger partial charge in [-0.15, -0.1) is 0 Å². The van der Waals surface area contributed by atoms with Crippen LogP contribution in [0.4, 0.5) is 0 Å². The van der Waals surface area contributed by atoms with E-state index in [9.17, 15) is 9.90 Å². The normalized spacial score (nSPS) is 45.6. The zero-order chi connectivity index (χ0) is 22.7. The largest absolute Gasteiger partial charge is 0.390 e. The molecule has 0 aromatic heterocycles. The van der Waals surface area contributed by atoms with E-state index in [1.807, 2.05) is 26.2 Å². The van der Waals surface area contributed by atoms with Crippen LogP contribution in [-0.4, -0.2) is 30.2 Å². The fourth-order valence-corrected chi connectivity index (χ4v) is 9.13. The van der Waals surface area contributed by atoms with Crippen LogP contribution in [0.5, 0.6) is 0 Å². The Morgan fingerprint density at radius 1 is 1.00 bits per heavy atom. The fraction of sp³-hybridized carbons (Fsp3) is 0.759. The molecule has 8 atom stereocenters. The Bertz CT molecular complexity index is 858. The van der Waals surface area contributed by atoms with E-state index in [1.54, 1.807) is 0 Å². The molecular weight excluding hydrogens is 396 g/mol. The molecule has 3 nitrogen and oxygen atoms in total. The number of aliphatic hydroxyl groups is 1. The lowest BCUT2D eigenvalue weighted by atomic mass is 9.43. The lowest BCUT2D eigenvalue weighted by molar-refractivity contribution is -0.173. The zero-order valence-corrected chi connectivity index (χ0v) is 20.5. The van der Waals surface area contributed by atoms with E-state index in [4.69, 9.17) is 4.74 Å². The average molecular weight is 439 g/mol. The summed E-state index contributed by atoms with van der Waals surface area (Å²) in [5.41, 5.74) is 1.95. The van der Waals surface area contributed by atoms with Crippen molar-refractivity contribution in [3.8, 4) is 0 Å².